The lowest BCUT2D eigenvalue weighted by Gasteiger charge is -1.84. The second kappa shape index (κ2) is 5.40. The fourth-order valence-corrected chi connectivity index (χ4v) is 0.795. The van der Waals surface area contributed by atoms with Gasteiger partial charge in [0, 0.05) is 0 Å². The first kappa shape index (κ1) is 11.6. The summed E-state index contributed by atoms with van der Waals surface area (Å²) >= 11 is 0. The molecule has 2 aromatic rings. The Kier molecular flexibility index (Phi) is 3.90. The number of carbonyl (C=O) groups is 2. The number of carboxylic acids is 2. The van der Waals surface area contributed by atoms with Gasteiger partial charge in [-0.3, -0.25) is 0 Å². The summed E-state index contributed by atoms with van der Waals surface area (Å²) in [7, 11) is 0. The first-order valence-corrected chi connectivity index (χ1v) is 4.15. The van der Waals surface area contributed by atoms with Gasteiger partial charge < -0.3 is 19.0 Å². The molecule has 0 bridgehead atoms. The van der Waals surface area contributed by atoms with E-state index in [0.29, 0.717) is 0 Å². The molecule has 0 radical (unpaired) electrons. The molecule has 0 saturated heterocycles. The molecule has 16 heavy (non-hydrogen) atoms. The smallest absolute Gasteiger partial charge is 0.371 e. The highest BCUT2D eigenvalue weighted by molar-refractivity contribution is 5.88. The zero-order valence-electron chi connectivity index (χ0n) is 7.99. The van der Waals surface area contributed by atoms with Crippen LogP contribution in [0.1, 0.15) is 21.1 Å². The summed E-state index contributed by atoms with van der Waals surface area (Å²) in [6.45, 7) is 0. The van der Waals surface area contributed by atoms with Crippen LogP contribution in [0.3, 0.4) is 0 Å². The standard InChI is InChI=1S/C6H4O5.C4H4O/c7-5(8)3-1-2-4(11-3)6(9)10;1-2-4-5-3-1/h1-2H,(H,7,8)(H,9,10);1-4H. The molecule has 0 saturated carbocycles. The van der Waals surface area contributed by atoms with Crippen LogP contribution in [0.25, 0.3) is 0 Å². The summed E-state index contributed by atoms with van der Waals surface area (Å²) in [5.74, 6) is -3.31. The second-order valence-electron chi connectivity index (χ2n) is 2.57. The zero-order chi connectivity index (χ0) is 12.0. The zero-order valence-corrected chi connectivity index (χ0v) is 7.99. The molecule has 2 N–H and O–H groups in total. The van der Waals surface area contributed by atoms with Crippen LogP contribution in [0.4, 0.5) is 0 Å². The Morgan fingerprint density at radius 2 is 1.38 bits per heavy atom. The summed E-state index contributed by atoms with van der Waals surface area (Å²) in [6.07, 6.45) is 3.25. The molecule has 0 atom stereocenters. The highest BCUT2D eigenvalue weighted by Crippen LogP contribution is 2.06. The van der Waals surface area contributed by atoms with Crippen LogP contribution < -0.4 is 0 Å². The summed E-state index contributed by atoms with van der Waals surface area (Å²) in [5.41, 5.74) is 0. The molecule has 0 aliphatic carbocycles. The lowest BCUT2D eigenvalue weighted by molar-refractivity contribution is 0.0631. The van der Waals surface area contributed by atoms with Crippen molar-refractivity contribution in [1.82, 2.24) is 0 Å². The molecule has 0 aliphatic rings. The van der Waals surface area contributed by atoms with Crippen LogP contribution in [0.2, 0.25) is 0 Å². The van der Waals surface area contributed by atoms with Crippen LogP contribution in [-0.2, 0) is 0 Å². The molecular formula is C10H8O6. The Labute approximate surface area is 89.7 Å². The van der Waals surface area contributed by atoms with E-state index >= 15 is 0 Å². The highest BCUT2D eigenvalue weighted by Gasteiger charge is 2.12. The minimum Gasteiger partial charge on any atom is -0.475 e. The molecule has 0 aromatic carbocycles. The lowest BCUT2D eigenvalue weighted by atomic mass is 10.4. The minimum atomic E-state index is -1.28. The normalized spacial score (nSPS) is 9.00. The van der Waals surface area contributed by atoms with Crippen LogP contribution in [0.5, 0.6) is 0 Å². The number of rotatable bonds is 2. The van der Waals surface area contributed by atoms with Gasteiger partial charge in [-0.25, -0.2) is 9.59 Å². The van der Waals surface area contributed by atoms with E-state index in [1.54, 1.807) is 12.5 Å². The predicted octanol–water partition coefficient (Wildman–Crippen LogP) is 1.96. The SMILES string of the molecule is O=C(O)c1ccc(C(=O)O)o1.c1ccoc1. The van der Waals surface area contributed by atoms with E-state index in [-0.39, 0.29) is 11.5 Å². The van der Waals surface area contributed by atoms with E-state index in [0.717, 1.165) is 12.1 Å². The molecule has 2 aromatic heterocycles. The molecule has 6 nitrogen and oxygen atoms in total. The quantitative estimate of drug-likeness (QED) is 0.808. The monoisotopic (exact) mass is 224 g/mol. The molecule has 0 aliphatic heterocycles. The molecule has 2 heterocycles. The topological polar surface area (TPSA) is 101 Å². The van der Waals surface area contributed by atoms with Gasteiger partial charge in [0.15, 0.2) is 0 Å². The summed E-state index contributed by atoms with van der Waals surface area (Å²) in [4.78, 5) is 20.3. The first-order chi connectivity index (χ1) is 7.61. The molecule has 0 spiro atoms. The Morgan fingerprint density at radius 3 is 1.56 bits per heavy atom. The fraction of sp³-hybridized carbons (Fsp3) is 0. The third-order valence-corrected chi connectivity index (χ3v) is 1.45. The van der Waals surface area contributed by atoms with Gasteiger partial charge in [0.25, 0.3) is 0 Å². The lowest BCUT2D eigenvalue weighted by Crippen LogP contribution is -1.94. The van der Waals surface area contributed by atoms with E-state index in [2.05, 4.69) is 8.83 Å². The van der Waals surface area contributed by atoms with Gasteiger partial charge in [0.1, 0.15) is 0 Å². The number of carboxylic acid groups (broad SMARTS) is 2. The Morgan fingerprint density at radius 1 is 0.938 bits per heavy atom. The average molecular weight is 224 g/mol. The maximum Gasteiger partial charge on any atom is 0.371 e. The third-order valence-electron chi connectivity index (χ3n) is 1.45. The molecule has 6 heteroatoms. The van der Waals surface area contributed by atoms with Crippen LogP contribution in [0.15, 0.2) is 45.6 Å². The van der Waals surface area contributed by atoms with Crippen molar-refractivity contribution < 1.29 is 28.6 Å². The van der Waals surface area contributed by atoms with Gasteiger partial charge in [-0.2, -0.15) is 0 Å². The molecule has 0 unspecified atom stereocenters. The van der Waals surface area contributed by atoms with Crippen molar-refractivity contribution in [3.63, 3.8) is 0 Å². The Hall–Kier alpha value is -2.50. The molecular weight excluding hydrogens is 216 g/mol. The van der Waals surface area contributed by atoms with Gasteiger partial charge in [-0.05, 0) is 24.3 Å². The van der Waals surface area contributed by atoms with Gasteiger partial charge >= 0.3 is 11.9 Å². The van der Waals surface area contributed by atoms with E-state index in [9.17, 15) is 9.59 Å². The van der Waals surface area contributed by atoms with Crippen molar-refractivity contribution >= 4 is 11.9 Å². The largest absolute Gasteiger partial charge is 0.475 e. The second-order valence-corrected chi connectivity index (χ2v) is 2.57. The van der Waals surface area contributed by atoms with Gasteiger partial charge in [-0.15, -0.1) is 0 Å². The van der Waals surface area contributed by atoms with Crippen LogP contribution in [-0.4, -0.2) is 22.2 Å². The fourth-order valence-electron chi connectivity index (χ4n) is 0.795. The number of hydrogen-bond donors (Lipinski definition) is 2. The third kappa shape index (κ3) is 3.33. The first-order valence-electron chi connectivity index (χ1n) is 4.15. The summed E-state index contributed by atoms with van der Waals surface area (Å²) in [5, 5.41) is 16.6. The highest BCUT2D eigenvalue weighted by atomic mass is 16.4. The maximum absolute atomic E-state index is 10.2. The molecule has 0 fully saturated rings. The minimum absolute atomic E-state index is 0.373. The maximum atomic E-state index is 10.2. The van der Waals surface area contributed by atoms with E-state index in [4.69, 9.17) is 10.2 Å². The Bertz CT molecular complexity index is 408. The van der Waals surface area contributed by atoms with E-state index < -0.39 is 11.9 Å². The number of aromatic carboxylic acids is 2. The molecule has 0 amide bonds. The summed E-state index contributed by atoms with van der Waals surface area (Å²) in [6, 6.07) is 5.84. The van der Waals surface area contributed by atoms with Crippen LogP contribution in [0, 0.1) is 0 Å². The predicted molar refractivity (Wildman–Crippen MR) is 51.3 cm³/mol. The average Bonchev–Trinajstić information content (AvgIpc) is 2.93. The van der Waals surface area contributed by atoms with Gasteiger partial charge in [-0.1, -0.05) is 0 Å². The van der Waals surface area contributed by atoms with Crippen molar-refractivity contribution in [3.05, 3.63) is 48.3 Å². The number of furan rings is 2. The molecule has 84 valence electrons. The summed E-state index contributed by atoms with van der Waals surface area (Å²) < 4.78 is 8.99. The molecule has 2 rings (SSSR count). The van der Waals surface area contributed by atoms with Crippen molar-refractivity contribution in [2.45, 2.75) is 0 Å². The Balaban J connectivity index is 0.000000212. The van der Waals surface area contributed by atoms with Crippen molar-refractivity contribution in [3.8, 4) is 0 Å². The van der Waals surface area contributed by atoms with Crippen molar-refractivity contribution in [1.29, 1.82) is 0 Å². The van der Waals surface area contributed by atoms with E-state index in [1.165, 1.54) is 0 Å². The van der Waals surface area contributed by atoms with Crippen molar-refractivity contribution in [2.24, 2.45) is 0 Å². The van der Waals surface area contributed by atoms with E-state index in [1.807, 2.05) is 12.1 Å². The van der Waals surface area contributed by atoms with Crippen LogP contribution >= 0.6 is 0 Å². The van der Waals surface area contributed by atoms with Gasteiger partial charge in [0.2, 0.25) is 11.5 Å². The van der Waals surface area contributed by atoms with Gasteiger partial charge in [0.05, 0.1) is 12.5 Å². The van der Waals surface area contributed by atoms with Crippen molar-refractivity contribution in [2.75, 3.05) is 0 Å². The number of hydrogen-bond acceptors (Lipinski definition) is 4.